The van der Waals surface area contributed by atoms with Crippen molar-refractivity contribution in [2.75, 3.05) is 0 Å². The van der Waals surface area contributed by atoms with Crippen molar-refractivity contribution < 1.29 is 0 Å². The van der Waals surface area contributed by atoms with E-state index in [4.69, 9.17) is 59.8 Å². The first-order valence-corrected chi connectivity index (χ1v) is 52.1. The van der Waals surface area contributed by atoms with Gasteiger partial charge in [-0.05, 0) is 161 Å². The van der Waals surface area contributed by atoms with E-state index in [9.17, 15) is 0 Å². The molecule has 12 aromatic heterocycles. The molecule has 0 bridgehead atoms. The molecule has 0 aliphatic heterocycles. The Morgan fingerprint density at radius 3 is 0.807 bits per heavy atom. The summed E-state index contributed by atoms with van der Waals surface area (Å²) in [6, 6.07) is 165. The highest BCUT2D eigenvalue weighted by molar-refractivity contribution is 7.26. The van der Waals surface area contributed by atoms with Gasteiger partial charge in [0.25, 0.3) is 0 Å². The first kappa shape index (κ1) is 88.2. The van der Waals surface area contributed by atoms with Crippen molar-refractivity contribution in [2.24, 2.45) is 0 Å². The quantitative estimate of drug-likeness (QED) is 0.0953. The van der Waals surface area contributed by atoms with Crippen molar-refractivity contribution in [2.45, 2.75) is 0 Å². The minimum Gasteiger partial charge on any atom is -0.294 e. The Kier molecular flexibility index (Phi) is 22.1. The number of nitrogens with zero attached hydrogens (tertiary/aromatic N) is 15. The van der Waals surface area contributed by atoms with Gasteiger partial charge < -0.3 is 0 Å². The Morgan fingerprint density at radius 2 is 0.440 bits per heavy atom. The molecular formula is C132H81N15S3. The summed E-state index contributed by atoms with van der Waals surface area (Å²) < 4.78 is 14.6. The van der Waals surface area contributed by atoms with Crippen molar-refractivity contribution >= 4 is 160 Å². The van der Waals surface area contributed by atoms with E-state index >= 15 is 0 Å². The first-order chi connectivity index (χ1) is 74.4. The number of thiophene rings is 3. The second-order valence-corrected chi connectivity index (χ2v) is 40.1. The van der Waals surface area contributed by atoms with E-state index in [0.717, 1.165) is 111 Å². The molecule has 12 heterocycles. The summed E-state index contributed by atoms with van der Waals surface area (Å²) in [5, 5.41) is 14.9. The number of fused-ring (bicyclic) bond motifs is 18. The number of aromatic nitrogens is 15. The Labute approximate surface area is 871 Å². The van der Waals surface area contributed by atoms with Crippen molar-refractivity contribution in [1.82, 2.24) is 73.5 Å². The standard InChI is InChI=1S/3C44H27N5S/c1-3-13-28(14-4-1)41-46-42(29-15-5-2-6-16-29)48-43(47-41)34-20-12-26-45-44(34)49-36-21-9-7-17-32(36)35-27-30(24-25-37(35)49)31-19-11-23-39-40(31)33-18-8-10-22-38(33)50-39;1-3-12-28(13-4-1)42-46-43(29-14-5-2-6-15-29)48-44(47-42)31-23-25-40(45-27-31)49-36-19-9-7-16-33(36)35-26-30(22-24-37(35)49)32-18-11-21-39-41(32)34-17-8-10-20-38(34)50-39;1-3-12-28(13-4-1)42-46-43(29-14-5-2-6-15-29)48-44(47-42)31-24-25-45-40(27-31)49-36-19-9-7-16-33(36)35-26-30(22-23-37(35)49)32-18-11-21-39-41(32)34-17-8-10-20-38(34)50-39/h3*1-27H. The summed E-state index contributed by atoms with van der Waals surface area (Å²) >= 11 is 5.55. The fourth-order valence-corrected chi connectivity index (χ4v) is 24.5. The second-order valence-electron chi connectivity index (χ2n) is 36.9. The van der Waals surface area contributed by atoms with Crippen molar-refractivity contribution in [1.29, 1.82) is 0 Å². The summed E-state index contributed by atoms with van der Waals surface area (Å²) in [6.45, 7) is 0. The Morgan fingerprint density at radius 1 is 0.153 bits per heavy atom. The summed E-state index contributed by atoms with van der Waals surface area (Å²) in [7, 11) is 0. The maximum atomic E-state index is 5.06. The average molecular weight is 1970 g/mol. The van der Waals surface area contributed by atoms with Gasteiger partial charge in [0, 0.05) is 156 Å². The fourth-order valence-electron chi connectivity index (χ4n) is 21.1. The lowest BCUT2D eigenvalue weighted by molar-refractivity contribution is 1.04. The van der Waals surface area contributed by atoms with Gasteiger partial charge in [-0.15, -0.1) is 34.0 Å². The number of hydrogen-bond acceptors (Lipinski definition) is 15. The van der Waals surface area contributed by atoms with Crippen molar-refractivity contribution in [3.8, 4) is 153 Å². The van der Waals surface area contributed by atoms with Crippen LogP contribution in [0.25, 0.3) is 279 Å². The molecule has 18 aromatic carbocycles. The zero-order valence-electron chi connectivity index (χ0n) is 80.2. The van der Waals surface area contributed by atoms with Gasteiger partial charge in [-0.1, -0.05) is 346 Å². The van der Waals surface area contributed by atoms with Gasteiger partial charge in [-0.3, -0.25) is 13.7 Å². The number of rotatable bonds is 15. The fraction of sp³-hybridized carbons (Fsp3) is 0. The van der Waals surface area contributed by atoms with Crippen molar-refractivity contribution in [3.63, 3.8) is 0 Å². The molecule has 0 aliphatic rings. The number of para-hydroxylation sites is 3. The largest absolute Gasteiger partial charge is 0.294 e. The van der Waals surface area contributed by atoms with E-state index < -0.39 is 0 Å². The van der Waals surface area contributed by atoms with Gasteiger partial charge in [-0.2, -0.15) is 0 Å². The summed E-state index contributed by atoms with van der Waals surface area (Å²) in [5.74, 6) is 7.90. The SMILES string of the molecule is c1ccc(-c2nc(-c3ccccc3)nc(-c3ccc(-n4c5ccccc5c5cc(-c6cccc7sc8ccccc8c67)ccc54)nc3)n2)cc1.c1ccc(-c2nc(-c3ccccc3)nc(-c3cccnc3-n3c4ccccc4c4cc(-c5cccc6sc7ccccc7c56)ccc43)n2)cc1.c1ccc(-c2nc(-c3ccccc3)nc(-c3ccnc(-n4c5ccccc5c5cc(-c6cccc7sc8ccccc8c67)ccc54)c3)n2)cc1. The molecule has 0 unspecified atom stereocenters. The molecule has 0 N–H and O–H groups in total. The molecule has 150 heavy (non-hydrogen) atoms. The van der Waals surface area contributed by atoms with E-state index in [-0.39, 0.29) is 0 Å². The Balaban J connectivity index is 0.000000108. The van der Waals surface area contributed by atoms with Crippen molar-refractivity contribution in [3.05, 3.63) is 492 Å². The molecule has 0 fully saturated rings. The van der Waals surface area contributed by atoms with E-state index in [1.54, 1.807) is 0 Å². The lowest BCUT2D eigenvalue weighted by atomic mass is 9.98. The minimum atomic E-state index is 0.569. The van der Waals surface area contributed by atoms with Crippen LogP contribution in [0, 0.1) is 0 Å². The number of hydrogen-bond donors (Lipinski definition) is 0. The molecule has 0 saturated heterocycles. The minimum absolute atomic E-state index is 0.569. The summed E-state index contributed by atoms with van der Waals surface area (Å²) in [5.41, 5.74) is 22.0. The predicted molar refractivity (Wildman–Crippen MR) is 620 cm³/mol. The van der Waals surface area contributed by atoms with E-state index in [0.29, 0.717) is 52.4 Å². The Hall–Kier alpha value is -19.5. The molecule has 0 saturated carbocycles. The third kappa shape index (κ3) is 15.9. The highest BCUT2D eigenvalue weighted by atomic mass is 32.1. The highest BCUT2D eigenvalue weighted by Crippen LogP contribution is 2.48. The van der Waals surface area contributed by atoms with E-state index in [1.165, 1.54) is 115 Å². The topological polar surface area (TPSA) is 169 Å². The first-order valence-electron chi connectivity index (χ1n) is 49.7. The van der Waals surface area contributed by atoms with Gasteiger partial charge >= 0.3 is 0 Å². The lowest BCUT2D eigenvalue weighted by Gasteiger charge is -2.13. The lowest BCUT2D eigenvalue weighted by Crippen LogP contribution is -2.05. The summed E-state index contributed by atoms with van der Waals surface area (Å²) in [6.07, 6.45) is 5.55. The number of benzene rings is 18. The summed E-state index contributed by atoms with van der Waals surface area (Å²) in [4.78, 5) is 59.4. The Bertz CT molecular complexity index is 10300. The highest BCUT2D eigenvalue weighted by Gasteiger charge is 2.27. The van der Waals surface area contributed by atoms with Crippen LogP contribution in [-0.2, 0) is 0 Å². The van der Waals surface area contributed by atoms with E-state index in [1.807, 2.05) is 247 Å². The molecule has 702 valence electrons. The molecule has 0 amide bonds. The molecule has 18 heteroatoms. The molecule has 30 aromatic rings. The predicted octanol–water partition coefficient (Wildman–Crippen LogP) is 34.2. The van der Waals surface area contributed by atoms with Crippen LogP contribution >= 0.6 is 34.0 Å². The van der Waals surface area contributed by atoms with Gasteiger partial charge in [0.2, 0.25) is 0 Å². The van der Waals surface area contributed by atoms with Crippen LogP contribution in [-0.4, -0.2) is 73.5 Å². The zero-order chi connectivity index (χ0) is 99.1. The number of pyridine rings is 3. The maximum Gasteiger partial charge on any atom is 0.167 e. The van der Waals surface area contributed by atoms with Gasteiger partial charge in [-0.25, -0.2) is 59.8 Å². The molecule has 0 spiro atoms. The van der Waals surface area contributed by atoms with Crippen LogP contribution in [0.1, 0.15) is 0 Å². The van der Waals surface area contributed by atoms with Crippen LogP contribution < -0.4 is 0 Å². The van der Waals surface area contributed by atoms with Crippen LogP contribution in [0.4, 0.5) is 0 Å². The van der Waals surface area contributed by atoms with Crippen LogP contribution in [0.15, 0.2) is 492 Å². The smallest absolute Gasteiger partial charge is 0.167 e. The molecule has 30 rings (SSSR count). The van der Waals surface area contributed by atoms with Crippen LogP contribution in [0.2, 0.25) is 0 Å². The third-order valence-electron chi connectivity index (χ3n) is 28.0. The molecule has 15 nitrogen and oxygen atoms in total. The zero-order valence-corrected chi connectivity index (χ0v) is 82.6. The van der Waals surface area contributed by atoms with Gasteiger partial charge in [0.15, 0.2) is 52.4 Å². The maximum absolute atomic E-state index is 5.06. The second kappa shape index (κ2) is 37.6. The third-order valence-corrected chi connectivity index (χ3v) is 31.4. The normalized spacial score (nSPS) is 11.6. The molecule has 0 radical (unpaired) electrons. The monoisotopic (exact) mass is 1970 g/mol. The molecular weight excluding hydrogens is 1890 g/mol. The van der Waals surface area contributed by atoms with Gasteiger partial charge in [0.1, 0.15) is 17.5 Å². The van der Waals surface area contributed by atoms with Crippen LogP contribution in [0.5, 0.6) is 0 Å². The average Bonchev–Trinajstić information content (AvgIpc) is 1.57. The molecule has 0 aliphatic carbocycles. The molecule has 0 atom stereocenters. The van der Waals surface area contributed by atoms with Crippen LogP contribution in [0.3, 0.4) is 0 Å². The van der Waals surface area contributed by atoms with Gasteiger partial charge in [0.05, 0.1) is 38.7 Å². The van der Waals surface area contributed by atoms with E-state index in [2.05, 4.69) is 293 Å².